The van der Waals surface area contributed by atoms with Crippen molar-refractivity contribution in [2.24, 2.45) is 5.92 Å². The number of likely N-dealkylation sites (tertiary alicyclic amines) is 1. The Morgan fingerprint density at radius 2 is 2.11 bits per heavy atom. The highest BCUT2D eigenvalue weighted by Gasteiger charge is 2.34. The number of aliphatic carboxylic acids is 1. The Hall–Kier alpha value is -1.47. The molecule has 1 aliphatic heterocycles. The molecule has 0 spiro atoms. The van der Waals surface area contributed by atoms with Gasteiger partial charge in [0.25, 0.3) is 0 Å². The SMILES string of the molecule is CCC(CC(F)(F)F)NC(=O)N1CCC(C(=O)O)C1. The third-order valence-electron chi connectivity index (χ3n) is 3.12. The zero-order valence-electron chi connectivity index (χ0n) is 10.5. The Morgan fingerprint density at radius 1 is 1.47 bits per heavy atom. The molecule has 0 aromatic rings. The molecule has 1 saturated heterocycles. The summed E-state index contributed by atoms with van der Waals surface area (Å²) in [6.45, 7) is 1.86. The van der Waals surface area contributed by atoms with Crippen LogP contribution in [-0.4, -0.2) is 47.3 Å². The summed E-state index contributed by atoms with van der Waals surface area (Å²) in [5, 5.41) is 11.1. The monoisotopic (exact) mass is 282 g/mol. The fourth-order valence-corrected chi connectivity index (χ4v) is 1.99. The maximum atomic E-state index is 12.2. The number of nitrogens with zero attached hydrogens (tertiary/aromatic N) is 1. The maximum Gasteiger partial charge on any atom is 0.391 e. The summed E-state index contributed by atoms with van der Waals surface area (Å²) in [5.41, 5.74) is 0. The van der Waals surface area contributed by atoms with Crippen LogP contribution in [0.15, 0.2) is 0 Å². The van der Waals surface area contributed by atoms with Crippen molar-refractivity contribution in [3.05, 3.63) is 0 Å². The minimum absolute atomic E-state index is 0.0453. The van der Waals surface area contributed by atoms with Crippen molar-refractivity contribution in [2.75, 3.05) is 13.1 Å². The van der Waals surface area contributed by atoms with Gasteiger partial charge in [-0.3, -0.25) is 4.79 Å². The van der Waals surface area contributed by atoms with E-state index in [0.29, 0.717) is 6.42 Å². The van der Waals surface area contributed by atoms with Crippen molar-refractivity contribution in [3.8, 4) is 0 Å². The van der Waals surface area contributed by atoms with Gasteiger partial charge in [0.2, 0.25) is 0 Å². The summed E-state index contributed by atoms with van der Waals surface area (Å²) in [7, 11) is 0. The average Bonchev–Trinajstić information content (AvgIpc) is 2.75. The third-order valence-corrected chi connectivity index (χ3v) is 3.12. The van der Waals surface area contributed by atoms with E-state index in [1.807, 2.05) is 0 Å². The molecule has 0 saturated carbocycles. The molecule has 1 aliphatic rings. The Bertz CT molecular complexity index is 347. The summed E-state index contributed by atoms with van der Waals surface area (Å²) >= 11 is 0. The fraction of sp³-hybridized carbons (Fsp3) is 0.818. The molecule has 2 unspecified atom stereocenters. The Balaban J connectivity index is 2.48. The van der Waals surface area contributed by atoms with Crippen molar-refractivity contribution in [3.63, 3.8) is 0 Å². The summed E-state index contributed by atoms with van der Waals surface area (Å²) in [6, 6.07) is -1.60. The van der Waals surface area contributed by atoms with Crippen LogP contribution in [0.2, 0.25) is 0 Å². The van der Waals surface area contributed by atoms with Crippen LogP contribution in [0.5, 0.6) is 0 Å². The van der Waals surface area contributed by atoms with Gasteiger partial charge in [-0.15, -0.1) is 0 Å². The number of carboxylic acid groups (broad SMARTS) is 1. The molecule has 0 aliphatic carbocycles. The van der Waals surface area contributed by atoms with Crippen LogP contribution >= 0.6 is 0 Å². The van der Waals surface area contributed by atoms with Crippen molar-refractivity contribution < 1.29 is 27.9 Å². The van der Waals surface area contributed by atoms with Crippen molar-refractivity contribution in [2.45, 2.75) is 38.4 Å². The molecular weight excluding hydrogens is 265 g/mol. The lowest BCUT2D eigenvalue weighted by Crippen LogP contribution is -2.45. The van der Waals surface area contributed by atoms with Crippen LogP contribution in [0, 0.1) is 5.92 Å². The molecule has 2 N–H and O–H groups in total. The van der Waals surface area contributed by atoms with E-state index in [9.17, 15) is 22.8 Å². The largest absolute Gasteiger partial charge is 0.481 e. The van der Waals surface area contributed by atoms with Gasteiger partial charge in [0, 0.05) is 19.1 Å². The van der Waals surface area contributed by atoms with E-state index in [0.717, 1.165) is 0 Å². The first-order chi connectivity index (χ1) is 8.73. The Kier molecular flexibility index (Phi) is 5.02. The normalized spacial score (nSPS) is 21.3. The molecule has 0 aromatic heterocycles. The number of carboxylic acids is 1. The van der Waals surface area contributed by atoms with Gasteiger partial charge in [0.05, 0.1) is 12.3 Å². The van der Waals surface area contributed by atoms with Gasteiger partial charge in [-0.25, -0.2) is 4.79 Å². The zero-order valence-corrected chi connectivity index (χ0v) is 10.5. The summed E-state index contributed by atoms with van der Waals surface area (Å²) in [5.74, 6) is -1.62. The van der Waals surface area contributed by atoms with Crippen molar-refractivity contribution in [1.29, 1.82) is 0 Å². The molecule has 0 bridgehead atoms. The first-order valence-corrected chi connectivity index (χ1v) is 6.08. The smallest absolute Gasteiger partial charge is 0.391 e. The van der Waals surface area contributed by atoms with Gasteiger partial charge in [0.15, 0.2) is 0 Å². The molecule has 5 nitrogen and oxygen atoms in total. The second-order valence-electron chi connectivity index (χ2n) is 4.64. The molecule has 19 heavy (non-hydrogen) atoms. The van der Waals surface area contributed by atoms with Gasteiger partial charge in [-0.2, -0.15) is 13.2 Å². The highest BCUT2D eigenvalue weighted by molar-refractivity contribution is 5.77. The topological polar surface area (TPSA) is 69.6 Å². The lowest BCUT2D eigenvalue weighted by atomic mass is 10.1. The fourth-order valence-electron chi connectivity index (χ4n) is 1.99. The Labute approximate surface area is 108 Å². The number of alkyl halides is 3. The first-order valence-electron chi connectivity index (χ1n) is 6.08. The van der Waals surface area contributed by atoms with E-state index in [2.05, 4.69) is 5.32 Å². The van der Waals surface area contributed by atoms with Crippen molar-refractivity contribution in [1.82, 2.24) is 10.2 Å². The number of carbonyl (C=O) groups is 2. The third kappa shape index (κ3) is 4.96. The van der Waals surface area contributed by atoms with Gasteiger partial charge < -0.3 is 15.3 Å². The molecule has 2 atom stereocenters. The molecule has 110 valence electrons. The molecule has 0 aromatic carbocycles. The van der Waals surface area contributed by atoms with Gasteiger partial charge in [0.1, 0.15) is 0 Å². The predicted octanol–water partition coefficient (Wildman–Crippen LogP) is 1.83. The van der Waals surface area contributed by atoms with Crippen LogP contribution in [0.25, 0.3) is 0 Å². The molecule has 1 rings (SSSR count). The molecule has 8 heteroatoms. The van der Waals surface area contributed by atoms with Crippen LogP contribution < -0.4 is 5.32 Å². The average molecular weight is 282 g/mol. The van der Waals surface area contributed by atoms with E-state index in [4.69, 9.17) is 5.11 Å². The van der Waals surface area contributed by atoms with Crippen LogP contribution in [0.4, 0.5) is 18.0 Å². The standard InChI is InChI=1S/C11H17F3N2O3/c1-2-8(5-11(12,13)14)15-10(19)16-4-3-7(6-16)9(17)18/h7-8H,2-6H2,1H3,(H,15,19)(H,17,18). The number of amides is 2. The minimum Gasteiger partial charge on any atom is -0.481 e. The summed E-state index contributed by atoms with van der Waals surface area (Å²) in [6.07, 6.45) is -4.91. The number of hydrogen-bond donors (Lipinski definition) is 2. The lowest BCUT2D eigenvalue weighted by molar-refractivity contribution is -0.141. The number of halogens is 3. The summed E-state index contributed by atoms with van der Waals surface area (Å²) < 4.78 is 36.7. The number of urea groups is 1. The maximum absolute atomic E-state index is 12.2. The lowest BCUT2D eigenvalue weighted by Gasteiger charge is -2.23. The second-order valence-corrected chi connectivity index (χ2v) is 4.64. The number of carbonyl (C=O) groups excluding carboxylic acids is 1. The number of rotatable bonds is 4. The molecule has 0 radical (unpaired) electrons. The van der Waals surface area contributed by atoms with E-state index in [1.165, 1.54) is 4.90 Å². The molecule has 1 heterocycles. The van der Waals surface area contributed by atoms with Crippen molar-refractivity contribution >= 4 is 12.0 Å². The number of nitrogens with one attached hydrogen (secondary N) is 1. The minimum atomic E-state index is -4.33. The highest BCUT2D eigenvalue weighted by atomic mass is 19.4. The van der Waals surface area contributed by atoms with E-state index in [1.54, 1.807) is 6.92 Å². The molecule has 2 amide bonds. The van der Waals surface area contributed by atoms with Crippen LogP contribution in [0.3, 0.4) is 0 Å². The zero-order chi connectivity index (χ0) is 14.6. The van der Waals surface area contributed by atoms with E-state index in [-0.39, 0.29) is 19.5 Å². The predicted molar refractivity (Wildman–Crippen MR) is 60.6 cm³/mol. The van der Waals surface area contributed by atoms with E-state index >= 15 is 0 Å². The quantitative estimate of drug-likeness (QED) is 0.826. The van der Waals surface area contributed by atoms with Gasteiger partial charge in [-0.05, 0) is 12.8 Å². The van der Waals surface area contributed by atoms with Gasteiger partial charge in [-0.1, -0.05) is 6.92 Å². The van der Waals surface area contributed by atoms with Crippen LogP contribution in [-0.2, 0) is 4.79 Å². The summed E-state index contributed by atoms with van der Waals surface area (Å²) in [4.78, 5) is 23.7. The van der Waals surface area contributed by atoms with E-state index < -0.39 is 36.6 Å². The van der Waals surface area contributed by atoms with Crippen LogP contribution in [0.1, 0.15) is 26.2 Å². The highest BCUT2D eigenvalue weighted by Crippen LogP contribution is 2.23. The molecule has 1 fully saturated rings. The Morgan fingerprint density at radius 3 is 2.53 bits per heavy atom. The second kappa shape index (κ2) is 6.12. The molecular formula is C11H17F3N2O3. The number of hydrogen-bond acceptors (Lipinski definition) is 2. The van der Waals surface area contributed by atoms with Gasteiger partial charge >= 0.3 is 18.2 Å². The first kappa shape index (κ1) is 15.6.